The first-order valence-corrected chi connectivity index (χ1v) is 5.14. The molecule has 0 radical (unpaired) electrons. The van der Waals surface area contributed by atoms with Crippen LogP contribution >= 0.6 is 0 Å². The minimum Gasteiger partial charge on any atom is -0.374 e. The maximum atomic E-state index is 5.64. The molecule has 0 spiro atoms. The van der Waals surface area contributed by atoms with E-state index < -0.39 is 0 Å². The van der Waals surface area contributed by atoms with Crippen molar-refractivity contribution < 1.29 is 9.47 Å². The Balaban J connectivity index is 2.05. The number of hydrogen-bond donors (Lipinski definition) is 1. The zero-order valence-corrected chi connectivity index (χ0v) is 8.88. The minimum atomic E-state index is 0.282. The number of nitrogens with one attached hydrogen (secondary N) is 1. The van der Waals surface area contributed by atoms with Gasteiger partial charge < -0.3 is 14.8 Å². The Hall–Kier alpha value is -0.120. The highest BCUT2D eigenvalue weighted by Gasteiger charge is 2.22. The quantitative estimate of drug-likeness (QED) is 0.701. The van der Waals surface area contributed by atoms with Crippen LogP contribution in [0.5, 0.6) is 0 Å². The fourth-order valence-electron chi connectivity index (χ4n) is 1.63. The summed E-state index contributed by atoms with van der Waals surface area (Å²) >= 11 is 0. The Morgan fingerprint density at radius 2 is 2.31 bits per heavy atom. The van der Waals surface area contributed by atoms with E-state index in [1.54, 1.807) is 0 Å². The minimum absolute atomic E-state index is 0.282. The van der Waals surface area contributed by atoms with E-state index >= 15 is 0 Å². The van der Waals surface area contributed by atoms with Gasteiger partial charge in [-0.1, -0.05) is 0 Å². The highest BCUT2D eigenvalue weighted by molar-refractivity contribution is 4.70. The number of rotatable bonds is 5. The van der Waals surface area contributed by atoms with Crippen molar-refractivity contribution in [2.75, 3.05) is 20.2 Å². The third-order valence-electron chi connectivity index (χ3n) is 2.38. The summed E-state index contributed by atoms with van der Waals surface area (Å²) in [5.41, 5.74) is 0. The summed E-state index contributed by atoms with van der Waals surface area (Å²) in [5.74, 6) is 0. The Morgan fingerprint density at radius 1 is 1.54 bits per heavy atom. The first-order valence-electron chi connectivity index (χ1n) is 5.14. The molecule has 78 valence electrons. The lowest BCUT2D eigenvalue weighted by Crippen LogP contribution is -2.27. The van der Waals surface area contributed by atoms with Gasteiger partial charge in [0.1, 0.15) is 0 Å². The third-order valence-corrected chi connectivity index (χ3v) is 2.38. The number of ether oxygens (including phenoxy) is 2. The molecule has 0 aromatic rings. The van der Waals surface area contributed by atoms with E-state index in [9.17, 15) is 0 Å². The van der Waals surface area contributed by atoms with Crippen LogP contribution in [0.4, 0.5) is 0 Å². The first-order chi connectivity index (χ1) is 6.22. The van der Waals surface area contributed by atoms with Crippen molar-refractivity contribution in [2.45, 2.75) is 45.0 Å². The Labute approximate surface area is 80.8 Å². The average molecular weight is 187 g/mol. The standard InChI is InChI=1S/C10H21NO2/c1-8-4-5-10(13-8)7-12-9(2)6-11-3/h8-11H,4-7H2,1-3H3. The van der Waals surface area contributed by atoms with Crippen molar-refractivity contribution in [3.63, 3.8) is 0 Å². The Morgan fingerprint density at radius 3 is 2.85 bits per heavy atom. The predicted molar refractivity (Wildman–Crippen MR) is 52.9 cm³/mol. The lowest BCUT2D eigenvalue weighted by molar-refractivity contribution is -0.0316. The van der Waals surface area contributed by atoms with Gasteiger partial charge in [0.25, 0.3) is 0 Å². The fraction of sp³-hybridized carbons (Fsp3) is 1.00. The topological polar surface area (TPSA) is 30.5 Å². The predicted octanol–water partition coefficient (Wildman–Crippen LogP) is 1.18. The molecule has 1 heterocycles. The largest absolute Gasteiger partial charge is 0.374 e. The van der Waals surface area contributed by atoms with Crippen LogP contribution in [0.3, 0.4) is 0 Å². The van der Waals surface area contributed by atoms with E-state index in [-0.39, 0.29) is 6.10 Å². The van der Waals surface area contributed by atoms with E-state index in [2.05, 4.69) is 19.2 Å². The third kappa shape index (κ3) is 4.07. The molecule has 0 aliphatic carbocycles. The monoisotopic (exact) mass is 187 g/mol. The zero-order chi connectivity index (χ0) is 9.68. The van der Waals surface area contributed by atoms with Gasteiger partial charge in [-0.05, 0) is 33.7 Å². The summed E-state index contributed by atoms with van der Waals surface area (Å²) in [6, 6.07) is 0. The fourth-order valence-corrected chi connectivity index (χ4v) is 1.63. The van der Waals surface area contributed by atoms with Gasteiger partial charge >= 0.3 is 0 Å². The molecular formula is C10H21NO2. The molecule has 0 aromatic carbocycles. The molecular weight excluding hydrogens is 166 g/mol. The summed E-state index contributed by atoms with van der Waals surface area (Å²) in [7, 11) is 1.94. The van der Waals surface area contributed by atoms with E-state index in [1.807, 2.05) is 7.05 Å². The van der Waals surface area contributed by atoms with Crippen LogP contribution in [0.2, 0.25) is 0 Å². The second kappa shape index (κ2) is 5.58. The summed E-state index contributed by atoms with van der Waals surface area (Å²) in [5, 5.41) is 3.09. The molecule has 0 aromatic heterocycles. The molecule has 1 aliphatic rings. The van der Waals surface area contributed by atoms with Crippen molar-refractivity contribution in [1.82, 2.24) is 5.32 Å². The van der Waals surface area contributed by atoms with Crippen molar-refractivity contribution in [1.29, 1.82) is 0 Å². The smallest absolute Gasteiger partial charge is 0.0813 e. The number of likely N-dealkylation sites (N-methyl/N-ethyl adjacent to an activating group) is 1. The van der Waals surface area contributed by atoms with Gasteiger partial charge in [-0.3, -0.25) is 0 Å². The normalized spacial score (nSPS) is 30.7. The van der Waals surface area contributed by atoms with Crippen molar-refractivity contribution in [3.8, 4) is 0 Å². The highest BCUT2D eigenvalue weighted by Crippen LogP contribution is 2.19. The van der Waals surface area contributed by atoms with Crippen LogP contribution in [-0.4, -0.2) is 38.5 Å². The van der Waals surface area contributed by atoms with Crippen molar-refractivity contribution >= 4 is 0 Å². The molecule has 1 N–H and O–H groups in total. The Bertz CT molecular complexity index is 141. The van der Waals surface area contributed by atoms with Gasteiger partial charge in [-0.15, -0.1) is 0 Å². The van der Waals surface area contributed by atoms with Gasteiger partial charge in [0, 0.05) is 6.54 Å². The van der Waals surface area contributed by atoms with E-state index in [0.29, 0.717) is 12.2 Å². The van der Waals surface area contributed by atoms with Crippen LogP contribution < -0.4 is 5.32 Å². The summed E-state index contributed by atoms with van der Waals surface area (Å²) in [4.78, 5) is 0. The molecule has 1 aliphatic heterocycles. The summed E-state index contributed by atoms with van der Waals surface area (Å²) in [6.07, 6.45) is 3.36. The van der Waals surface area contributed by atoms with E-state index in [1.165, 1.54) is 6.42 Å². The molecule has 13 heavy (non-hydrogen) atoms. The number of hydrogen-bond acceptors (Lipinski definition) is 3. The van der Waals surface area contributed by atoms with Gasteiger partial charge in [-0.25, -0.2) is 0 Å². The van der Waals surface area contributed by atoms with Crippen LogP contribution in [0.1, 0.15) is 26.7 Å². The highest BCUT2D eigenvalue weighted by atomic mass is 16.5. The molecule has 3 nitrogen and oxygen atoms in total. The second-order valence-electron chi connectivity index (χ2n) is 3.85. The summed E-state index contributed by atoms with van der Waals surface area (Å²) < 4.78 is 11.3. The first kappa shape index (κ1) is 11.0. The zero-order valence-electron chi connectivity index (χ0n) is 8.88. The maximum absolute atomic E-state index is 5.64. The molecule has 1 fully saturated rings. The van der Waals surface area contributed by atoms with Crippen LogP contribution in [0.15, 0.2) is 0 Å². The Kier molecular flexibility index (Phi) is 4.70. The average Bonchev–Trinajstić information content (AvgIpc) is 2.49. The molecule has 3 unspecified atom stereocenters. The second-order valence-corrected chi connectivity index (χ2v) is 3.85. The van der Waals surface area contributed by atoms with Gasteiger partial charge in [0.05, 0.1) is 24.9 Å². The molecule has 1 saturated heterocycles. The SMILES string of the molecule is CNCC(C)OCC1CCC(C)O1. The van der Waals surface area contributed by atoms with Crippen molar-refractivity contribution in [3.05, 3.63) is 0 Å². The van der Waals surface area contributed by atoms with Crippen LogP contribution in [-0.2, 0) is 9.47 Å². The van der Waals surface area contributed by atoms with Crippen molar-refractivity contribution in [2.24, 2.45) is 0 Å². The molecule has 3 atom stereocenters. The molecule has 3 heteroatoms. The van der Waals surface area contributed by atoms with Crippen LogP contribution in [0.25, 0.3) is 0 Å². The summed E-state index contributed by atoms with van der Waals surface area (Å²) in [6.45, 7) is 5.85. The van der Waals surface area contributed by atoms with E-state index in [4.69, 9.17) is 9.47 Å². The lowest BCUT2D eigenvalue weighted by atomic mass is 10.2. The van der Waals surface area contributed by atoms with Crippen LogP contribution in [0, 0.1) is 0 Å². The lowest BCUT2D eigenvalue weighted by Gasteiger charge is -2.16. The molecule has 1 rings (SSSR count). The van der Waals surface area contributed by atoms with Gasteiger partial charge in [-0.2, -0.15) is 0 Å². The molecule has 0 bridgehead atoms. The molecule has 0 amide bonds. The van der Waals surface area contributed by atoms with Gasteiger partial charge in [0.15, 0.2) is 0 Å². The maximum Gasteiger partial charge on any atom is 0.0813 e. The van der Waals surface area contributed by atoms with E-state index in [0.717, 1.165) is 19.6 Å². The molecule has 0 saturated carbocycles. The van der Waals surface area contributed by atoms with Gasteiger partial charge in [0.2, 0.25) is 0 Å².